The molecule has 1 aromatic heterocycles. The van der Waals surface area contributed by atoms with E-state index in [2.05, 4.69) is 24.6 Å². The van der Waals surface area contributed by atoms with Crippen molar-refractivity contribution in [3.05, 3.63) is 53.3 Å². The van der Waals surface area contributed by atoms with Gasteiger partial charge in [0.1, 0.15) is 0 Å². The monoisotopic (exact) mass is 316 g/mol. The van der Waals surface area contributed by atoms with E-state index >= 15 is 0 Å². The van der Waals surface area contributed by atoms with Crippen LogP contribution in [0.5, 0.6) is 0 Å². The molecule has 5 heteroatoms. The van der Waals surface area contributed by atoms with Crippen LogP contribution in [-0.4, -0.2) is 25.4 Å². The maximum absolute atomic E-state index is 12.5. The van der Waals surface area contributed by atoms with E-state index in [0.717, 1.165) is 18.2 Å². The van der Waals surface area contributed by atoms with Crippen molar-refractivity contribution in [2.45, 2.75) is 32.3 Å². The van der Waals surface area contributed by atoms with Crippen LogP contribution in [0.25, 0.3) is 0 Å². The molecule has 118 valence electrons. The Kier molecular flexibility index (Phi) is 5.21. The summed E-state index contributed by atoms with van der Waals surface area (Å²) >= 11 is 0. The van der Waals surface area contributed by atoms with Crippen molar-refractivity contribution in [3.63, 3.8) is 0 Å². The zero-order valence-corrected chi connectivity index (χ0v) is 14.5. The first-order valence-electron chi connectivity index (χ1n) is 7.51. The molecule has 22 heavy (non-hydrogen) atoms. The highest BCUT2D eigenvalue weighted by Crippen LogP contribution is 2.16. The van der Waals surface area contributed by atoms with Crippen molar-refractivity contribution in [3.8, 4) is 0 Å². The van der Waals surface area contributed by atoms with Crippen molar-refractivity contribution in [1.29, 1.82) is 0 Å². The average molecular weight is 316 g/mol. The average Bonchev–Trinajstić information content (AvgIpc) is 2.91. The lowest BCUT2D eigenvalue weighted by atomic mass is 10.1. The van der Waals surface area contributed by atoms with E-state index in [1.807, 2.05) is 6.07 Å². The van der Waals surface area contributed by atoms with Crippen molar-refractivity contribution in [2.24, 2.45) is 0 Å². The van der Waals surface area contributed by atoms with Crippen LogP contribution in [-0.2, 0) is 11.3 Å². The zero-order chi connectivity index (χ0) is 16.2. The molecule has 3 N–H and O–H groups in total. The van der Waals surface area contributed by atoms with Gasteiger partial charge in [-0.15, -0.1) is 0 Å². The summed E-state index contributed by atoms with van der Waals surface area (Å²) in [7, 11) is -1.08. The molecule has 0 aliphatic rings. The molecular formula is C17H24N2O2Si. The van der Waals surface area contributed by atoms with Crippen LogP contribution in [0.2, 0.25) is 25.7 Å². The number of ketones is 1. The Labute approximate surface area is 132 Å². The number of ether oxygens (including phenoxy) is 1. The fraction of sp³-hybridized carbons (Fsp3) is 0.353. The van der Waals surface area contributed by atoms with E-state index in [4.69, 9.17) is 10.5 Å². The van der Waals surface area contributed by atoms with Gasteiger partial charge in [-0.05, 0) is 36.4 Å². The maximum atomic E-state index is 12.5. The summed E-state index contributed by atoms with van der Waals surface area (Å²) in [4.78, 5) is 15.5. The predicted molar refractivity (Wildman–Crippen MR) is 92.9 cm³/mol. The fourth-order valence-corrected chi connectivity index (χ4v) is 2.83. The molecule has 0 bridgehead atoms. The third-order valence-corrected chi connectivity index (χ3v) is 5.19. The Morgan fingerprint density at radius 2 is 1.86 bits per heavy atom. The van der Waals surface area contributed by atoms with Crippen molar-refractivity contribution in [1.82, 2.24) is 4.98 Å². The van der Waals surface area contributed by atoms with E-state index in [1.165, 1.54) is 0 Å². The number of benzene rings is 1. The lowest BCUT2D eigenvalue weighted by molar-refractivity contribution is 0.102. The minimum atomic E-state index is -1.08. The first-order chi connectivity index (χ1) is 10.4. The van der Waals surface area contributed by atoms with E-state index in [1.54, 1.807) is 30.5 Å². The number of rotatable bonds is 7. The highest BCUT2D eigenvalue weighted by Gasteiger charge is 2.16. The van der Waals surface area contributed by atoms with Crippen LogP contribution in [0.1, 0.15) is 21.6 Å². The summed E-state index contributed by atoms with van der Waals surface area (Å²) in [5.41, 5.74) is 8.43. The molecule has 0 radical (unpaired) electrons. The van der Waals surface area contributed by atoms with Gasteiger partial charge in [-0.3, -0.25) is 4.79 Å². The van der Waals surface area contributed by atoms with Gasteiger partial charge in [-0.2, -0.15) is 0 Å². The number of nitrogens with one attached hydrogen (secondary N) is 1. The molecule has 0 amide bonds. The Morgan fingerprint density at radius 3 is 2.50 bits per heavy atom. The number of anilines is 1. The van der Waals surface area contributed by atoms with Crippen molar-refractivity contribution in [2.75, 3.05) is 12.3 Å². The minimum Gasteiger partial charge on any atom is -0.399 e. The molecule has 1 heterocycles. The zero-order valence-electron chi connectivity index (χ0n) is 13.5. The topological polar surface area (TPSA) is 68.1 Å². The number of H-pyrrole nitrogens is 1. The first-order valence-corrected chi connectivity index (χ1v) is 11.2. The van der Waals surface area contributed by atoms with Crippen LogP contribution >= 0.6 is 0 Å². The molecule has 0 saturated carbocycles. The largest absolute Gasteiger partial charge is 0.399 e. The predicted octanol–water partition coefficient (Wildman–Crippen LogP) is 3.68. The number of carbonyl (C=O) groups is 1. The first kappa shape index (κ1) is 16.5. The molecule has 0 fully saturated rings. The number of nitrogen functional groups attached to an aromatic ring is 1. The second kappa shape index (κ2) is 6.94. The number of hydrogen-bond donors (Lipinski definition) is 2. The summed E-state index contributed by atoms with van der Waals surface area (Å²) in [5.74, 6) is -0.0335. The standard InChI is InChI=1S/C17H24N2O2Si/c1-22(2,3)11-10-21-12-14-8-9-19-16(14)17(20)13-4-6-15(18)7-5-13/h4-9,19H,10-12,18H2,1-3H3. The lowest BCUT2D eigenvalue weighted by Crippen LogP contribution is -2.21. The summed E-state index contributed by atoms with van der Waals surface area (Å²) in [6.07, 6.45) is 1.78. The van der Waals surface area contributed by atoms with Crippen molar-refractivity contribution >= 4 is 19.5 Å². The molecule has 0 unspecified atom stereocenters. The van der Waals surface area contributed by atoms with Gasteiger partial charge in [0.25, 0.3) is 0 Å². The van der Waals surface area contributed by atoms with Crippen LogP contribution in [0.4, 0.5) is 5.69 Å². The van der Waals surface area contributed by atoms with Crippen LogP contribution in [0.3, 0.4) is 0 Å². The summed E-state index contributed by atoms with van der Waals surface area (Å²) in [5, 5.41) is 0. The Bertz CT molecular complexity index is 627. The number of aromatic amines is 1. The van der Waals surface area contributed by atoms with Gasteiger partial charge in [0, 0.05) is 37.7 Å². The number of hydrogen-bond acceptors (Lipinski definition) is 3. The normalized spacial score (nSPS) is 11.6. The lowest BCUT2D eigenvalue weighted by Gasteiger charge is -2.15. The van der Waals surface area contributed by atoms with E-state index in [0.29, 0.717) is 23.6 Å². The van der Waals surface area contributed by atoms with Gasteiger partial charge in [-0.25, -0.2) is 0 Å². The van der Waals surface area contributed by atoms with Gasteiger partial charge >= 0.3 is 0 Å². The number of carbonyl (C=O) groups excluding carboxylic acids is 1. The molecule has 4 nitrogen and oxygen atoms in total. The van der Waals surface area contributed by atoms with E-state index < -0.39 is 8.07 Å². The third-order valence-electron chi connectivity index (χ3n) is 3.49. The molecule has 2 rings (SSSR count). The highest BCUT2D eigenvalue weighted by molar-refractivity contribution is 6.76. The van der Waals surface area contributed by atoms with Crippen LogP contribution < -0.4 is 5.73 Å². The molecule has 0 atom stereocenters. The maximum Gasteiger partial charge on any atom is 0.209 e. The molecule has 1 aromatic carbocycles. The SMILES string of the molecule is C[Si](C)(C)CCOCc1cc[nH]c1C(=O)c1ccc(N)cc1. The number of nitrogens with two attached hydrogens (primary N) is 1. The quantitative estimate of drug-likeness (QED) is 0.354. The molecule has 0 aliphatic carbocycles. The Hall–Kier alpha value is -1.85. The second-order valence-corrected chi connectivity index (χ2v) is 12.3. The third kappa shape index (κ3) is 4.58. The smallest absolute Gasteiger partial charge is 0.209 e. The molecule has 0 aliphatic heterocycles. The molecule has 2 aromatic rings. The van der Waals surface area contributed by atoms with Gasteiger partial charge in [0.15, 0.2) is 0 Å². The molecule has 0 spiro atoms. The Morgan fingerprint density at radius 1 is 1.18 bits per heavy atom. The summed E-state index contributed by atoms with van der Waals surface area (Å²) < 4.78 is 5.74. The highest BCUT2D eigenvalue weighted by atomic mass is 28.3. The van der Waals surface area contributed by atoms with Gasteiger partial charge in [-0.1, -0.05) is 19.6 Å². The fourth-order valence-electron chi connectivity index (χ4n) is 2.07. The van der Waals surface area contributed by atoms with Crippen LogP contribution in [0.15, 0.2) is 36.5 Å². The molecular weight excluding hydrogens is 292 g/mol. The van der Waals surface area contributed by atoms with Crippen LogP contribution in [0, 0.1) is 0 Å². The van der Waals surface area contributed by atoms with Gasteiger partial charge in [0.2, 0.25) is 5.78 Å². The van der Waals surface area contributed by atoms with E-state index in [9.17, 15) is 4.79 Å². The number of aromatic nitrogens is 1. The van der Waals surface area contributed by atoms with Crippen molar-refractivity contribution < 1.29 is 9.53 Å². The minimum absolute atomic E-state index is 0.0335. The van der Waals surface area contributed by atoms with Gasteiger partial charge < -0.3 is 15.5 Å². The molecule has 0 saturated heterocycles. The summed E-state index contributed by atoms with van der Waals surface area (Å²) in [6.45, 7) is 8.18. The van der Waals surface area contributed by atoms with E-state index in [-0.39, 0.29) is 5.78 Å². The second-order valence-electron chi connectivity index (χ2n) is 6.69. The van der Waals surface area contributed by atoms with Gasteiger partial charge in [0.05, 0.1) is 12.3 Å². The Balaban J connectivity index is 2.00. The summed E-state index contributed by atoms with van der Waals surface area (Å²) in [6, 6.07) is 9.99.